The summed E-state index contributed by atoms with van der Waals surface area (Å²) in [5, 5.41) is 21.5. The smallest absolute Gasteiger partial charge is 0.344 e. The summed E-state index contributed by atoms with van der Waals surface area (Å²) in [7, 11) is 0. The number of hydrogen-bond acceptors (Lipinski definition) is 6. The lowest BCUT2D eigenvalue weighted by Gasteiger charge is -2.55. The molecule has 0 amide bonds. The number of hydrogen-bond donors (Lipinski definition) is 2. The second kappa shape index (κ2) is 3.92. The number of fused-ring (bicyclic) bond motifs is 2. The Morgan fingerprint density at radius 1 is 1.18 bits per heavy atom. The summed E-state index contributed by atoms with van der Waals surface area (Å²) in [6, 6.07) is 0. The first-order valence-corrected chi connectivity index (χ1v) is 7.70. The fraction of sp³-hybridized carbons (Fsp3) is 0.750. The number of rotatable bonds is 4. The molecule has 4 aliphatic rings. The fourth-order valence-electron chi connectivity index (χ4n) is 5.97. The van der Waals surface area contributed by atoms with E-state index in [4.69, 9.17) is 9.47 Å². The fourth-order valence-corrected chi connectivity index (χ4v) is 5.97. The lowest BCUT2D eigenvalue weighted by Crippen LogP contribution is -2.57. The van der Waals surface area contributed by atoms with Crippen molar-refractivity contribution in [2.24, 2.45) is 11.3 Å². The molecule has 0 radical (unpaired) electrons. The van der Waals surface area contributed by atoms with Crippen LogP contribution >= 0.6 is 0 Å². The van der Waals surface area contributed by atoms with Gasteiger partial charge in [0.2, 0.25) is 0 Å². The topological polar surface area (TPSA) is 93.1 Å². The summed E-state index contributed by atoms with van der Waals surface area (Å²) in [5.74, 6) is -0.977. The quantitative estimate of drug-likeness (QED) is 0.579. The van der Waals surface area contributed by atoms with Crippen LogP contribution in [-0.4, -0.2) is 45.6 Å². The van der Waals surface area contributed by atoms with E-state index in [1.165, 1.54) is 0 Å². The lowest BCUT2D eigenvalue weighted by molar-refractivity contribution is -0.184. The van der Waals surface area contributed by atoms with E-state index >= 15 is 0 Å². The minimum Gasteiger partial charge on any atom is -0.456 e. The average Bonchev–Trinajstić information content (AvgIpc) is 2.68. The molecule has 0 aliphatic heterocycles. The van der Waals surface area contributed by atoms with E-state index in [2.05, 4.69) is 6.58 Å². The van der Waals surface area contributed by atoms with Gasteiger partial charge in [0.25, 0.3) is 0 Å². The van der Waals surface area contributed by atoms with E-state index in [0.29, 0.717) is 44.4 Å². The molecule has 4 aliphatic carbocycles. The molecule has 0 aromatic rings. The van der Waals surface area contributed by atoms with Crippen molar-refractivity contribution in [3.63, 3.8) is 0 Å². The van der Waals surface area contributed by atoms with E-state index in [0.717, 1.165) is 6.08 Å². The normalized spacial score (nSPS) is 50.2. The van der Waals surface area contributed by atoms with Gasteiger partial charge in [0, 0.05) is 24.3 Å². The van der Waals surface area contributed by atoms with Crippen LogP contribution in [0.25, 0.3) is 0 Å². The number of ether oxygens (including phenoxy) is 2. The van der Waals surface area contributed by atoms with Crippen LogP contribution in [-0.2, 0) is 19.1 Å². The molecule has 6 heteroatoms. The highest BCUT2D eigenvalue weighted by molar-refractivity contribution is 5.83. The van der Waals surface area contributed by atoms with Crippen molar-refractivity contribution in [3.05, 3.63) is 12.7 Å². The zero-order valence-electron chi connectivity index (χ0n) is 12.3. The van der Waals surface area contributed by atoms with Crippen LogP contribution in [0.5, 0.6) is 0 Å². The molecule has 1 spiro atoms. The van der Waals surface area contributed by atoms with E-state index in [1.54, 1.807) is 0 Å². The Kier molecular flexibility index (Phi) is 2.53. The maximum absolute atomic E-state index is 12.0. The first-order valence-electron chi connectivity index (χ1n) is 7.70. The highest BCUT2D eigenvalue weighted by Gasteiger charge is 2.82. The van der Waals surface area contributed by atoms with Crippen LogP contribution in [0.2, 0.25) is 0 Å². The monoisotopic (exact) mass is 308 g/mol. The number of aliphatic hydroxyl groups is 2. The van der Waals surface area contributed by atoms with Crippen LogP contribution in [0.1, 0.15) is 38.5 Å². The van der Waals surface area contributed by atoms with Crippen molar-refractivity contribution in [3.8, 4) is 0 Å². The van der Waals surface area contributed by atoms with Crippen LogP contribution in [0.4, 0.5) is 0 Å². The largest absolute Gasteiger partial charge is 0.456 e. The van der Waals surface area contributed by atoms with E-state index in [-0.39, 0.29) is 5.41 Å². The second-order valence-corrected chi connectivity index (χ2v) is 7.69. The average molecular weight is 308 g/mol. The number of carbonyl (C=O) groups is 2. The van der Waals surface area contributed by atoms with Gasteiger partial charge in [-0.2, -0.15) is 0 Å². The third kappa shape index (κ3) is 1.62. The third-order valence-electron chi connectivity index (χ3n) is 6.29. The molecule has 6 nitrogen and oxygen atoms in total. The maximum atomic E-state index is 12.0. The highest BCUT2D eigenvalue weighted by Crippen LogP contribution is 2.79. The van der Waals surface area contributed by atoms with Crippen molar-refractivity contribution in [1.82, 2.24) is 0 Å². The molecule has 4 rings (SSSR count). The van der Waals surface area contributed by atoms with Gasteiger partial charge < -0.3 is 19.7 Å². The van der Waals surface area contributed by atoms with Gasteiger partial charge in [-0.15, -0.1) is 0 Å². The van der Waals surface area contributed by atoms with Gasteiger partial charge in [-0.05, 0) is 31.6 Å². The van der Waals surface area contributed by atoms with Crippen molar-refractivity contribution < 1.29 is 29.3 Å². The molecule has 4 saturated carbocycles. The van der Waals surface area contributed by atoms with Crippen LogP contribution in [0, 0.1) is 11.3 Å². The maximum Gasteiger partial charge on any atom is 0.344 e. The lowest BCUT2D eigenvalue weighted by atomic mass is 9.53. The summed E-state index contributed by atoms with van der Waals surface area (Å²) < 4.78 is 10.3. The second-order valence-electron chi connectivity index (χ2n) is 7.69. The van der Waals surface area contributed by atoms with Gasteiger partial charge >= 0.3 is 11.9 Å². The Balaban J connectivity index is 1.51. The predicted molar refractivity (Wildman–Crippen MR) is 73.5 cm³/mol. The molecule has 2 N–H and O–H groups in total. The molecule has 4 fully saturated rings. The minimum atomic E-state index is -0.948. The molecule has 5 unspecified atom stereocenters. The van der Waals surface area contributed by atoms with Crippen LogP contribution < -0.4 is 0 Å². The molecular weight excluding hydrogens is 288 g/mol. The summed E-state index contributed by atoms with van der Waals surface area (Å²) in [6.07, 6.45) is 4.29. The van der Waals surface area contributed by atoms with Gasteiger partial charge in [-0.25, -0.2) is 9.59 Å². The molecule has 0 heterocycles. The predicted octanol–water partition coefficient (Wildman–Crippen LogP) is 0.457. The first-order chi connectivity index (χ1) is 10.2. The minimum absolute atomic E-state index is 0.294. The Morgan fingerprint density at radius 2 is 1.95 bits per heavy atom. The Morgan fingerprint density at radius 3 is 2.68 bits per heavy atom. The molecule has 3 bridgehead atoms. The first kappa shape index (κ1) is 14.2. The molecule has 0 aromatic heterocycles. The van der Waals surface area contributed by atoms with E-state index in [1.807, 2.05) is 0 Å². The third-order valence-corrected chi connectivity index (χ3v) is 6.29. The molecule has 22 heavy (non-hydrogen) atoms. The highest BCUT2D eigenvalue weighted by atomic mass is 16.6. The van der Waals surface area contributed by atoms with Gasteiger partial charge in [-0.3, -0.25) is 0 Å². The van der Waals surface area contributed by atoms with Crippen molar-refractivity contribution in [1.29, 1.82) is 0 Å². The molecular formula is C16H20O6. The number of esters is 2. The Labute approximate surface area is 128 Å². The van der Waals surface area contributed by atoms with Gasteiger partial charge in [-0.1, -0.05) is 6.58 Å². The summed E-state index contributed by atoms with van der Waals surface area (Å²) >= 11 is 0. The zero-order valence-corrected chi connectivity index (χ0v) is 12.3. The number of carbonyl (C=O) groups excluding carboxylic acids is 2. The summed E-state index contributed by atoms with van der Waals surface area (Å²) in [6.45, 7) is 2.81. The Hall–Kier alpha value is -1.40. The van der Waals surface area contributed by atoms with Gasteiger partial charge in [0.05, 0.1) is 11.2 Å². The summed E-state index contributed by atoms with van der Waals surface area (Å²) in [5.41, 5.74) is -2.77. The standard InChI is InChI=1S/C16H20O6/c1-2-11(17)21-5-12(18)22-14-3-10-4-16(20)8-13(19,6-14)7-15(10,16)9-14/h2,10,19-20H,1,3-9H2. The van der Waals surface area contributed by atoms with Crippen LogP contribution in [0.15, 0.2) is 12.7 Å². The van der Waals surface area contributed by atoms with E-state index < -0.39 is 35.3 Å². The molecule has 0 saturated heterocycles. The van der Waals surface area contributed by atoms with Gasteiger partial charge in [0.15, 0.2) is 6.61 Å². The van der Waals surface area contributed by atoms with Crippen molar-refractivity contribution in [2.45, 2.75) is 55.3 Å². The van der Waals surface area contributed by atoms with Gasteiger partial charge in [0.1, 0.15) is 5.60 Å². The Bertz CT molecular complexity index is 587. The SMILES string of the molecule is C=CC(=O)OCC(=O)OC12CC3CC4(O)CC(O)(C1)CC34C2. The summed E-state index contributed by atoms with van der Waals surface area (Å²) in [4.78, 5) is 23.0. The zero-order chi connectivity index (χ0) is 15.8. The van der Waals surface area contributed by atoms with Crippen LogP contribution in [0.3, 0.4) is 0 Å². The van der Waals surface area contributed by atoms with E-state index in [9.17, 15) is 19.8 Å². The van der Waals surface area contributed by atoms with Crippen molar-refractivity contribution in [2.75, 3.05) is 6.61 Å². The van der Waals surface area contributed by atoms with Crippen molar-refractivity contribution >= 4 is 11.9 Å². The molecule has 120 valence electrons. The molecule has 0 aromatic carbocycles. The molecule has 5 atom stereocenters.